The number of nitrogens with one attached hydrogen (secondary N) is 1. The van der Waals surface area contributed by atoms with Crippen LogP contribution in [0.3, 0.4) is 0 Å². The molecule has 6 nitrogen and oxygen atoms in total. The van der Waals surface area contributed by atoms with Crippen molar-refractivity contribution < 1.29 is 22.8 Å². The molecular weight excluding hydrogens is 375 g/mol. The number of amides is 1. The minimum atomic E-state index is -0.369. The van der Waals surface area contributed by atoms with E-state index in [9.17, 15) is 9.18 Å². The molecule has 0 bridgehead atoms. The van der Waals surface area contributed by atoms with E-state index in [0.717, 1.165) is 0 Å². The molecule has 0 atom stereocenters. The number of oxazole rings is 1. The molecule has 0 radical (unpaired) electrons. The highest BCUT2D eigenvalue weighted by Gasteiger charge is 2.24. The fourth-order valence-electron chi connectivity index (χ4n) is 3.17. The van der Waals surface area contributed by atoms with E-state index >= 15 is 0 Å². The van der Waals surface area contributed by atoms with Gasteiger partial charge in [0.2, 0.25) is 0 Å². The number of hydrogen-bond acceptors (Lipinski definition) is 5. The first-order valence-corrected chi connectivity index (χ1v) is 9.12. The Morgan fingerprint density at radius 1 is 1.21 bits per heavy atom. The molecule has 2 heterocycles. The van der Waals surface area contributed by atoms with E-state index in [-0.39, 0.29) is 17.8 Å². The first-order chi connectivity index (χ1) is 14.0. The molecule has 0 saturated carbocycles. The van der Waals surface area contributed by atoms with Crippen molar-refractivity contribution in [2.24, 2.45) is 0 Å². The van der Waals surface area contributed by atoms with Gasteiger partial charge in [0.25, 0.3) is 5.91 Å². The first kappa shape index (κ1) is 18.7. The van der Waals surface area contributed by atoms with Crippen molar-refractivity contribution in [3.05, 3.63) is 60.4 Å². The third kappa shape index (κ3) is 3.47. The molecule has 2 aromatic heterocycles. The number of furan rings is 1. The van der Waals surface area contributed by atoms with Crippen molar-refractivity contribution in [2.45, 2.75) is 20.0 Å². The molecular formula is C22H19FN2O4. The van der Waals surface area contributed by atoms with E-state index in [2.05, 4.69) is 10.3 Å². The minimum Gasteiger partial charge on any atom is -0.490 e. The molecule has 0 unspecified atom stereocenters. The molecule has 0 spiro atoms. The summed E-state index contributed by atoms with van der Waals surface area (Å²) in [4.78, 5) is 16.6. The fourth-order valence-corrected chi connectivity index (χ4v) is 3.17. The van der Waals surface area contributed by atoms with Crippen LogP contribution in [0.1, 0.15) is 24.2 Å². The summed E-state index contributed by atoms with van der Waals surface area (Å²) < 4.78 is 30.8. The van der Waals surface area contributed by atoms with E-state index in [1.807, 2.05) is 13.8 Å². The maximum Gasteiger partial charge on any atom is 0.255 e. The summed E-state index contributed by atoms with van der Waals surface area (Å²) in [6.07, 6.45) is 2.82. The highest BCUT2D eigenvalue weighted by Crippen LogP contribution is 2.40. The molecule has 148 valence electrons. The molecule has 7 heteroatoms. The SMILES string of the molecule is CNC(=O)c1c(-c2ccc(F)cc2)oc2cc(-c3cnco3)c(OC(C)C)cc12. The first-order valence-electron chi connectivity index (χ1n) is 9.12. The van der Waals surface area contributed by atoms with Crippen LogP contribution in [0, 0.1) is 5.82 Å². The monoisotopic (exact) mass is 394 g/mol. The molecule has 4 aromatic rings. The van der Waals surface area contributed by atoms with Gasteiger partial charge in [0.1, 0.15) is 22.9 Å². The molecule has 1 amide bonds. The zero-order valence-corrected chi connectivity index (χ0v) is 16.2. The number of benzene rings is 2. The van der Waals surface area contributed by atoms with Crippen LogP contribution in [-0.4, -0.2) is 24.0 Å². The predicted molar refractivity (Wildman–Crippen MR) is 106 cm³/mol. The second-order valence-corrected chi connectivity index (χ2v) is 6.77. The Bertz CT molecular complexity index is 1160. The number of hydrogen-bond donors (Lipinski definition) is 1. The van der Waals surface area contributed by atoms with Crippen LogP contribution in [-0.2, 0) is 0 Å². The molecule has 0 saturated heterocycles. The number of fused-ring (bicyclic) bond motifs is 1. The van der Waals surface area contributed by atoms with Crippen LogP contribution in [0.25, 0.3) is 33.6 Å². The third-order valence-electron chi connectivity index (χ3n) is 4.41. The smallest absolute Gasteiger partial charge is 0.255 e. The maximum atomic E-state index is 13.4. The zero-order valence-electron chi connectivity index (χ0n) is 16.2. The number of halogens is 1. The zero-order chi connectivity index (χ0) is 20.5. The van der Waals surface area contributed by atoms with Crippen molar-refractivity contribution in [1.29, 1.82) is 0 Å². The standard InChI is InChI=1S/C22H19FN2O4/c1-12(2)28-17-9-16-18(8-15(17)19-10-25-11-27-19)29-21(20(16)22(26)24-3)13-4-6-14(23)7-5-13/h4-12H,1-3H3,(H,24,26). The molecule has 29 heavy (non-hydrogen) atoms. The van der Waals surface area contributed by atoms with Crippen molar-refractivity contribution in [2.75, 3.05) is 7.05 Å². The van der Waals surface area contributed by atoms with Gasteiger partial charge in [-0.25, -0.2) is 9.37 Å². The van der Waals surface area contributed by atoms with Gasteiger partial charge < -0.3 is 18.9 Å². The Morgan fingerprint density at radius 3 is 2.59 bits per heavy atom. The Hall–Kier alpha value is -3.61. The van der Waals surface area contributed by atoms with E-state index in [0.29, 0.717) is 44.9 Å². The summed E-state index contributed by atoms with van der Waals surface area (Å²) in [5.41, 5.74) is 2.08. The van der Waals surface area contributed by atoms with Crippen LogP contribution in [0.4, 0.5) is 4.39 Å². The average Bonchev–Trinajstić information content (AvgIpc) is 3.34. The summed E-state index contributed by atoms with van der Waals surface area (Å²) in [7, 11) is 1.55. The van der Waals surface area contributed by atoms with Gasteiger partial charge in [0.05, 0.1) is 23.4 Å². The van der Waals surface area contributed by atoms with Crippen molar-refractivity contribution >= 4 is 16.9 Å². The largest absolute Gasteiger partial charge is 0.490 e. The summed E-state index contributed by atoms with van der Waals surface area (Å²) in [6, 6.07) is 9.30. The topological polar surface area (TPSA) is 77.5 Å². The lowest BCUT2D eigenvalue weighted by atomic mass is 10.0. The molecule has 0 aliphatic carbocycles. The highest BCUT2D eigenvalue weighted by atomic mass is 19.1. The molecule has 0 fully saturated rings. The molecule has 4 rings (SSSR count). The molecule has 2 aromatic carbocycles. The van der Waals surface area contributed by atoms with E-state index in [1.54, 1.807) is 37.5 Å². The number of carbonyl (C=O) groups excluding carboxylic acids is 1. The number of rotatable bonds is 5. The van der Waals surface area contributed by atoms with Gasteiger partial charge in [0, 0.05) is 18.0 Å². The van der Waals surface area contributed by atoms with E-state index in [4.69, 9.17) is 13.6 Å². The quantitative estimate of drug-likeness (QED) is 0.513. The Balaban J connectivity index is 2.00. The van der Waals surface area contributed by atoms with Crippen molar-refractivity contribution in [3.63, 3.8) is 0 Å². The summed E-state index contributed by atoms with van der Waals surface area (Å²) >= 11 is 0. The van der Waals surface area contributed by atoms with Gasteiger partial charge in [-0.05, 0) is 50.2 Å². The number of ether oxygens (including phenoxy) is 1. The molecule has 1 N–H and O–H groups in total. The lowest BCUT2D eigenvalue weighted by Gasteiger charge is -2.13. The third-order valence-corrected chi connectivity index (χ3v) is 4.41. The normalized spacial score (nSPS) is 11.2. The van der Waals surface area contributed by atoms with Gasteiger partial charge in [-0.1, -0.05) is 0 Å². The van der Waals surface area contributed by atoms with Crippen LogP contribution in [0.2, 0.25) is 0 Å². The van der Waals surface area contributed by atoms with Crippen LogP contribution >= 0.6 is 0 Å². The summed E-state index contributed by atoms with van der Waals surface area (Å²) in [6.45, 7) is 3.82. The van der Waals surface area contributed by atoms with Crippen LogP contribution < -0.4 is 10.1 Å². The van der Waals surface area contributed by atoms with Crippen LogP contribution in [0.15, 0.2) is 57.8 Å². The number of aromatic nitrogens is 1. The molecule has 0 aliphatic heterocycles. The van der Waals surface area contributed by atoms with E-state index in [1.165, 1.54) is 18.5 Å². The lowest BCUT2D eigenvalue weighted by Crippen LogP contribution is -2.18. The predicted octanol–water partition coefficient (Wildman–Crippen LogP) is 5.04. The Morgan fingerprint density at radius 2 is 1.97 bits per heavy atom. The molecule has 0 aliphatic rings. The Kier molecular flexibility index (Phi) is 4.80. The second-order valence-electron chi connectivity index (χ2n) is 6.77. The minimum absolute atomic E-state index is 0.0963. The van der Waals surface area contributed by atoms with Gasteiger partial charge in [-0.2, -0.15) is 0 Å². The second kappa shape index (κ2) is 7.43. The summed E-state index contributed by atoms with van der Waals surface area (Å²) in [5, 5.41) is 3.23. The fraction of sp³-hybridized carbons (Fsp3) is 0.182. The summed E-state index contributed by atoms with van der Waals surface area (Å²) in [5.74, 6) is 0.728. The van der Waals surface area contributed by atoms with Crippen LogP contribution in [0.5, 0.6) is 5.75 Å². The maximum absolute atomic E-state index is 13.4. The number of nitrogens with zero attached hydrogens (tertiary/aromatic N) is 1. The highest BCUT2D eigenvalue weighted by molar-refractivity contribution is 6.12. The number of carbonyl (C=O) groups is 1. The van der Waals surface area contributed by atoms with Gasteiger partial charge >= 0.3 is 0 Å². The van der Waals surface area contributed by atoms with E-state index < -0.39 is 0 Å². The lowest BCUT2D eigenvalue weighted by molar-refractivity contribution is 0.0964. The van der Waals surface area contributed by atoms with Gasteiger partial charge in [-0.15, -0.1) is 0 Å². The van der Waals surface area contributed by atoms with Gasteiger partial charge in [-0.3, -0.25) is 4.79 Å². The van der Waals surface area contributed by atoms with Crippen molar-refractivity contribution in [1.82, 2.24) is 10.3 Å². The van der Waals surface area contributed by atoms with Gasteiger partial charge in [0.15, 0.2) is 12.2 Å². The average molecular weight is 394 g/mol. The Labute approximate surface area is 166 Å². The van der Waals surface area contributed by atoms with Crippen molar-refractivity contribution in [3.8, 4) is 28.4 Å².